The largest absolute Gasteiger partial charge is 0.508 e. The smallest absolute Gasteiger partial charge is 0.240 e. The fourth-order valence-electron chi connectivity index (χ4n) is 2.24. The molecule has 1 fully saturated rings. The van der Waals surface area contributed by atoms with Crippen LogP contribution in [0.25, 0.3) is 11.4 Å². The van der Waals surface area contributed by atoms with Crippen molar-refractivity contribution in [2.75, 3.05) is 11.5 Å². The van der Waals surface area contributed by atoms with Crippen LogP contribution in [-0.4, -0.2) is 41.2 Å². The molecule has 0 amide bonds. The Balaban J connectivity index is 1.62. The molecule has 1 atom stereocenters. The first-order valence-corrected chi connectivity index (χ1v) is 8.40. The Bertz CT molecular complexity index is 724. The number of aromatic hydroxyl groups is 1. The number of rotatable bonds is 4. The topological polar surface area (TPSA) is 105 Å². The molecule has 2 aromatic rings. The molecule has 21 heavy (non-hydrogen) atoms. The molecule has 0 spiro atoms. The van der Waals surface area contributed by atoms with E-state index in [0.29, 0.717) is 24.7 Å². The maximum Gasteiger partial charge on any atom is 0.240 e. The fraction of sp³-hybridized carbons (Fsp3) is 0.385. The summed E-state index contributed by atoms with van der Waals surface area (Å²) in [5.41, 5.74) is 0.742. The van der Waals surface area contributed by atoms with E-state index in [0.717, 1.165) is 5.56 Å². The van der Waals surface area contributed by atoms with Gasteiger partial charge in [-0.15, -0.1) is 0 Å². The van der Waals surface area contributed by atoms with Gasteiger partial charge in [-0.1, -0.05) is 5.16 Å². The molecule has 8 heteroatoms. The summed E-state index contributed by atoms with van der Waals surface area (Å²) in [5, 5.41) is 16.2. The van der Waals surface area contributed by atoms with Crippen molar-refractivity contribution in [1.82, 2.24) is 15.5 Å². The third-order valence-electron chi connectivity index (χ3n) is 3.37. The Morgan fingerprint density at radius 3 is 2.76 bits per heavy atom. The van der Waals surface area contributed by atoms with E-state index in [1.807, 2.05) is 0 Å². The van der Waals surface area contributed by atoms with Gasteiger partial charge in [0.1, 0.15) is 5.75 Å². The SMILES string of the molecule is O=S1(=O)CCC(NCc2nc(-c3ccc(O)cc3)no2)C1. The van der Waals surface area contributed by atoms with Crippen LogP contribution in [-0.2, 0) is 16.4 Å². The van der Waals surface area contributed by atoms with Gasteiger partial charge in [0, 0.05) is 11.6 Å². The van der Waals surface area contributed by atoms with Crippen LogP contribution in [0, 0.1) is 0 Å². The van der Waals surface area contributed by atoms with Crippen LogP contribution in [0.5, 0.6) is 5.75 Å². The molecule has 2 N–H and O–H groups in total. The van der Waals surface area contributed by atoms with Crippen molar-refractivity contribution in [3.05, 3.63) is 30.2 Å². The summed E-state index contributed by atoms with van der Waals surface area (Å²) in [4.78, 5) is 4.24. The lowest BCUT2D eigenvalue weighted by molar-refractivity contribution is 0.360. The fourth-order valence-corrected chi connectivity index (χ4v) is 3.95. The number of phenolic OH excluding ortho intramolecular Hbond substituents is 1. The Labute approximate surface area is 121 Å². The molecule has 3 rings (SSSR count). The maximum absolute atomic E-state index is 11.4. The van der Waals surface area contributed by atoms with E-state index in [9.17, 15) is 13.5 Å². The van der Waals surface area contributed by atoms with E-state index in [1.165, 1.54) is 0 Å². The Morgan fingerprint density at radius 2 is 2.10 bits per heavy atom. The second kappa shape index (κ2) is 5.45. The van der Waals surface area contributed by atoms with Gasteiger partial charge in [-0.3, -0.25) is 0 Å². The highest BCUT2D eigenvalue weighted by molar-refractivity contribution is 7.91. The third-order valence-corrected chi connectivity index (χ3v) is 5.14. The van der Waals surface area contributed by atoms with E-state index < -0.39 is 9.84 Å². The first-order valence-electron chi connectivity index (χ1n) is 6.58. The third kappa shape index (κ3) is 3.40. The minimum Gasteiger partial charge on any atom is -0.508 e. The summed E-state index contributed by atoms with van der Waals surface area (Å²) in [7, 11) is -2.89. The van der Waals surface area contributed by atoms with Crippen LogP contribution in [0.3, 0.4) is 0 Å². The Morgan fingerprint density at radius 1 is 1.33 bits per heavy atom. The average Bonchev–Trinajstić information content (AvgIpc) is 3.04. The van der Waals surface area contributed by atoms with Crippen molar-refractivity contribution in [2.45, 2.75) is 19.0 Å². The van der Waals surface area contributed by atoms with Gasteiger partial charge in [-0.25, -0.2) is 8.42 Å². The van der Waals surface area contributed by atoms with Gasteiger partial charge < -0.3 is 14.9 Å². The molecule has 0 aliphatic carbocycles. The Hall–Kier alpha value is -1.93. The molecule has 2 heterocycles. The van der Waals surface area contributed by atoms with Crippen LogP contribution >= 0.6 is 0 Å². The predicted molar refractivity (Wildman–Crippen MR) is 75.3 cm³/mol. The zero-order valence-electron chi connectivity index (χ0n) is 11.2. The number of aromatic nitrogens is 2. The molecule has 7 nitrogen and oxygen atoms in total. The molecule has 1 aliphatic heterocycles. The van der Waals surface area contributed by atoms with E-state index in [-0.39, 0.29) is 23.3 Å². The van der Waals surface area contributed by atoms with Crippen molar-refractivity contribution < 1.29 is 18.0 Å². The molecule has 0 saturated carbocycles. The lowest BCUT2D eigenvalue weighted by atomic mass is 10.2. The van der Waals surface area contributed by atoms with Crippen LogP contribution in [0.4, 0.5) is 0 Å². The summed E-state index contributed by atoms with van der Waals surface area (Å²) in [6, 6.07) is 6.43. The average molecular weight is 309 g/mol. The van der Waals surface area contributed by atoms with Gasteiger partial charge in [0.25, 0.3) is 0 Å². The minimum atomic E-state index is -2.89. The van der Waals surface area contributed by atoms with Gasteiger partial charge in [-0.2, -0.15) is 4.98 Å². The summed E-state index contributed by atoms with van der Waals surface area (Å²) in [6.07, 6.45) is 0.612. The van der Waals surface area contributed by atoms with E-state index >= 15 is 0 Å². The highest BCUT2D eigenvalue weighted by Crippen LogP contribution is 2.19. The monoisotopic (exact) mass is 309 g/mol. The maximum atomic E-state index is 11.4. The molecule has 1 unspecified atom stereocenters. The summed E-state index contributed by atoms with van der Waals surface area (Å²) >= 11 is 0. The molecule has 0 bridgehead atoms. The van der Waals surface area contributed by atoms with Crippen molar-refractivity contribution >= 4 is 9.84 Å². The summed E-state index contributed by atoms with van der Waals surface area (Å²) < 4.78 is 27.8. The van der Waals surface area contributed by atoms with Crippen LogP contribution in [0.1, 0.15) is 12.3 Å². The second-order valence-electron chi connectivity index (χ2n) is 5.04. The lowest BCUT2D eigenvalue weighted by Crippen LogP contribution is -2.29. The van der Waals surface area contributed by atoms with Crippen molar-refractivity contribution in [3.63, 3.8) is 0 Å². The lowest BCUT2D eigenvalue weighted by Gasteiger charge is -2.07. The van der Waals surface area contributed by atoms with Crippen LogP contribution < -0.4 is 5.32 Å². The molecule has 1 aliphatic rings. The number of sulfone groups is 1. The van der Waals surface area contributed by atoms with Gasteiger partial charge in [0.15, 0.2) is 9.84 Å². The first-order chi connectivity index (χ1) is 10.0. The predicted octanol–water partition coefficient (Wildman–Crippen LogP) is 0.719. The number of phenols is 1. The standard InChI is InChI=1S/C13H15N3O4S/c17-11-3-1-9(2-4-11)13-15-12(20-16-13)7-14-10-5-6-21(18,19)8-10/h1-4,10,14,17H,5-8H2. The molecule has 112 valence electrons. The van der Waals surface area contributed by atoms with Gasteiger partial charge >= 0.3 is 0 Å². The first kappa shape index (κ1) is 14.0. The van der Waals surface area contributed by atoms with Crippen LogP contribution in [0.15, 0.2) is 28.8 Å². The van der Waals surface area contributed by atoms with Gasteiger partial charge in [0.05, 0.1) is 18.1 Å². The van der Waals surface area contributed by atoms with Crippen molar-refractivity contribution in [2.24, 2.45) is 0 Å². The normalized spacial score (nSPS) is 20.7. The van der Waals surface area contributed by atoms with Gasteiger partial charge in [-0.05, 0) is 30.7 Å². The zero-order chi connectivity index (χ0) is 14.9. The summed E-state index contributed by atoms with van der Waals surface area (Å²) in [6.45, 7) is 0.339. The highest BCUT2D eigenvalue weighted by Gasteiger charge is 2.27. The molecular formula is C13H15N3O4S. The second-order valence-corrected chi connectivity index (χ2v) is 7.27. The molecule has 1 saturated heterocycles. The number of hydrogen-bond donors (Lipinski definition) is 2. The number of nitrogens with zero attached hydrogens (tertiary/aromatic N) is 2. The van der Waals surface area contributed by atoms with Gasteiger partial charge in [0.2, 0.25) is 11.7 Å². The van der Waals surface area contributed by atoms with E-state index in [2.05, 4.69) is 15.5 Å². The highest BCUT2D eigenvalue weighted by atomic mass is 32.2. The van der Waals surface area contributed by atoms with Crippen molar-refractivity contribution in [3.8, 4) is 17.1 Å². The van der Waals surface area contributed by atoms with Crippen LogP contribution in [0.2, 0.25) is 0 Å². The number of benzene rings is 1. The Kier molecular flexibility index (Phi) is 3.64. The molecule has 0 radical (unpaired) electrons. The molecule has 1 aromatic heterocycles. The van der Waals surface area contributed by atoms with Crippen molar-refractivity contribution in [1.29, 1.82) is 0 Å². The van der Waals surface area contributed by atoms with E-state index in [1.54, 1.807) is 24.3 Å². The number of hydrogen-bond acceptors (Lipinski definition) is 7. The van der Waals surface area contributed by atoms with E-state index in [4.69, 9.17) is 4.52 Å². The molecule has 1 aromatic carbocycles. The minimum absolute atomic E-state index is 0.0565. The quantitative estimate of drug-likeness (QED) is 0.857. The summed E-state index contributed by atoms with van der Waals surface area (Å²) in [5.74, 6) is 1.40. The zero-order valence-corrected chi connectivity index (χ0v) is 12.0. The number of nitrogens with one attached hydrogen (secondary N) is 1. The molecular weight excluding hydrogens is 294 g/mol.